The van der Waals surface area contributed by atoms with E-state index in [1.165, 1.54) is 30.5 Å². The Hall–Kier alpha value is -1.22. The highest BCUT2D eigenvalue weighted by Crippen LogP contribution is 2.21. The fourth-order valence-corrected chi connectivity index (χ4v) is 2.33. The highest BCUT2D eigenvalue weighted by atomic mass is 16.5. The summed E-state index contributed by atoms with van der Waals surface area (Å²) in [6.07, 6.45) is 3.95. The average molecular weight is 234 g/mol. The number of aryl methyl sites for hydroxylation is 1. The standard InChI is InChI=1S/C14H22N2O/c1-11-9-12(6-7-14(11)17-2)16-10-13-5-3-4-8-15-13/h6-7,9,13,15-16H,3-5,8,10H2,1-2H3. The minimum atomic E-state index is 0.617. The molecule has 94 valence electrons. The van der Waals surface area contributed by atoms with Crippen LogP contribution >= 0.6 is 0 Å². The third kappa shape index (κ3) is 3.37. The van der Waals surface area contributed by atoms with Crippen LogP contribution in [-0.4, -0.2) is 26.2 Å². The van der Waals surface area contributed by atoms with Crippen LogP contribution in [0.4, 0.5) is 5.69 Å². The fourth-order valence-electron chi connectivity index (χ4n) is 2.33. The van der Waals surface area contributed by atoms with E-state index in [0.717, 1.165) is 18.8 Å². The molecule has 1 unspecified atom stereocenters. The van der Waals surface area contributed by atoms with Gasteiger partial charge in [0.1, 0.15) is 5.75 Å². The van der Waals surface area contributed by atoms with E-state index in [1.807, 2.05) is 6.07 Å². The summed E-state index contributed by atoms with van der Waals surface area (Å²) >= 11 is 0. The van der Waals surface area contributed by atoms with Crippen LogP contribution in [0.2, 0.25) is 0 Å². The van der Waals surface area contributed by atoms with Gasteiger partial charge in [-0.1, -0.05) is 6.42 Å². The van der Waals surface area contributed by atoms with Gasteiger partial charge in [0.05, 0.1) is 7.11 Å². The second-order valence-electron chi connectivity index (χ2n) is 4.71. The summed E-state index contributed by atoms with van der Waals surface area (Å²) in [5, 5.41) is 7.03. The molecule has 1 aromatic rings. The maximum absolute atomic E-state index is 5.25. The second-order valence-corrected chi connectivity index (χ2v) is 4.71. The van der Waals surface area contributed by atoms with Crippen LogP contribution in [0.15, 0.2) is 18.2 Å². The van der Waals surface area contributed by atoms with Crippen LogP contribution in [-0.2, 0) is 0 Å². The van der Waals surface area contributed by atoms with E-state index in [4.69, 9.17) is 4.74 Å². The molecule has 3 nitrogen and oxygen atoms in total. The van der Waals surface area contributed by atoms with E-state index < -0.39 is 0 Å². The molecule has 1 aliphatic heterocycles. The van der Waals surface area contributed by atoms with Crippen molar-refractivity contribution in [1.82, 2.24) is 5.32 Å². The van der Waals surface area contributed by atoms with E-state index in [-0.39, 0.29) is 0 Å². The first-order valence-electron chi connectivity index (χ1n) is 6.41. The Kier molecular flexibility index (Phi) is 4.26. The Morgan fingerprint density at radius 2 is 2.29 bits per heavy atom. The number of hydrogen-bond acceptors (Lipinski definition) is 3. The summed E-state index contributed by atoms with van der Waals surface area (Å²) in [6.45, 7) is 4.24. The number of anilines is 1. The zero-order valence-corrected chi connectivity index (χ0v) is 10.8. The van der Waals surface area contributed by atoms with Crippen LogP contribution in [0.1, 0.15) is 24.8 Å². The van der Waals surface area contributed by atoms with Crippen LogP contribution in [0.25, 0.3) is 0 Å². The summed E-state index contributed by atoms with van der Waals surface area (Å²) in [7, 11) is 1.71. The minimum Gasteiger partial charge on any atom is -0.496 e. The zero-order valence-electron chi connectivity index (χ0n) is 10.8. The summed E-state index contributed by atoms with van der Waals surface area (Å²) in [4.78, 5) is 0. The molecule has 1 saturated heterocycles. The SMILES string of the molecule is COc1ccc(NCC2CCCCN2)cc1C. The quantitative estimate of drug-likeness (QED) is 0.840. The zero-order chi connectivity index (χ0) is 12.1. The number of ether oxygens (including phenoxy) is 1. The molecule has 3 heteroatoms. The van der Waals surface area contributed by atoms with E-state index in [1.54, 1.807) is 7.11 Å². The first-order chi connectivity index (χ1) is 8.29. The minimum absolute atomic E-state index is 0.617. The average Bonchev–Trinajstić information content (AvgIpc) is 2.38. The van der Waals surface area contributed by atoms with Crippen LogP contribution < -0.4 is 15.4 Å². The van der Waals surface area contributed by atoms with Crippen molar-refractivity contribution in [2.24, 2.45) is 0 Å². The first-order valence-corrected chi connectivity index (χ1v) is 6.41. The number of hydrogen-bond donors (Lipinski definition) is 2. The van der Waals surface area contributed by atoms with Gasteiger partial charge in [-0.3, -0.25) is 0 Å². The normalized spacial score (nSPS) is 20.0. The van der Waals surface area contributed by atoms with Crippen molar-refractivity contribution in [2.45, 2.75) is 32.2 Å². The molecule has 0 spiro atoms. The topological polar surface area (TPSA) is 33.3 Å². The Balaban J connectivity index is 1.87. The van der Waals surface area contributed by atoms with Gasteiger partial charge in [0.2, 0.25) is 0 Å². The van der Waals surface area contributed by atoms with Crippen molar-refractivity contribution in [2.75, 3.05) is 25.5 Å². The number of benzene rings is 1. The van der Waals surface area contributed by atoms with E-state index in [0.29, 0.717) is 6.04 Å². The molecule has 0 amide bonds. The summed E-state index contributed by atoms with van der Waals surface area (Å²) in [6, 6.07) is 6.86. The van der Waals surface area contributed by atoms with Crippen molar-refractivity contribution in [3.63, 3.8) is 0 Å². The number of rotatable bonds is 4. The highest BCUT2D eigenvalue weighted by Gasteiger charge is 2.11. The maximum Gasteiger partial charge on any atom is 0.121 e. The Labute approximate surface area is 104 Å². The van der Waals surface area contributed by atoms with Gasteiger partial charge in [0.15, 0.2) is 0 Å². The van der Waals surface area contributed by atoms with Gasteiger partial charge in [0, 0.05) is 18.3 Å². The molecule has 1 aromatic carbocycles. The fraction of sp³-hybridized carbons (Fsp3) is 0.571. The van der Waals surface area contributed by atoms with Gasteiger partial charge < -0.3 is 15.4 Å². The van der Waals surface area contributed by atoms with Crippen molar-refractivity contribution < 1.29 is 4.74 Å². The molecular formula is C14H22N2O. The lowest BCUT2D eigenvalue weighted by molar-refractivity contribution is 0.411. The second kappa shape index (κ2) is 5.92. The van der Waals surface area contributed by atoms with Crippen molar-refractivity contribution in [3.8, 4) is 5.75 Å². The molecule has 0 bridgehead atoms. The lowest BCUT2D eigenvalue weighted by Gasteiger charge is -2.24. The third-order valence-electron chi connectivity index (χ3n) is 3.36. The Morgan fingerprint density at radius 1 is 1.41 bits per heavy atom. The lowest BCUT2D eigenvalue weighted by Crippen LogP contribution is -2.39. The maximum atomic E-state index is 5.25. The van der Waals surface area contributed by atoms with E-state index in [9.17, 15) is 0 Å². The van der Waals surface area contributed by atoms with Gasteiger partial charge >= 0.3 is 0 Å². The molecule has 1 heterocycles. The summed E-state index contributed by atoms with van der Waals surface area (Å²) in [5.41, 5.74) is 2.35. The largest absolute Gasteiger partial charge is 0.496 e. The van der Waals surface area contributed by atoms with Crippen LogP contribution in [0, 0.1) is 6.92 Å². The molecular weight excluding hydrogens is 212 g/mol. The molecule has 2 rings (SSSR count). The molecule has 1 atom stereocenters. The monoisotopic (exact) mass is 234 g/mol. The smallest absolute Gasteiger partial charge is 0.121 e. The lowest BCUT2D eigenvalue weighted by atomic mass is 10.1. The molecule has 2 N–H and O–H groups in total. The molecule has 0 saturated carbocycles. The molecule has 0 aliphatic carbocycles. The highest BCUT2D eigenvalue weighted by molar-refractivity contribution is 5.50. The van der Waals surface area contributed by atoms with Crippen molar-refractivity contribution in [3.05, 3.63) is 23.8 Å². The molecule has 0 radical (unpaired) electrons. The van der Waals surface area contributed by atoms with Gasteiger partial charge in [-0.05, 0) is 50.1 Å². The first kappa shape index (κ1) is 12.2. The van der Waals surface area contributed by atoms with Crippen LogP contribution in [0.5, 0.6) is 5.75 Å². The molecule has 0 aromatic heterocycles. The van der Waals surface area contributed by atoms with Gasteiger partial charge in [-0.15, -0.1) is 0 Å². The number of nitrogens with one attached hydrogen (secondary N) is 2. The predicted molar refractivity (Wildman–Crippen MR) is 71.9 cm³/mol. The van der Waals surface area contributed by atoms with Crippen LogP contribution in [0.3, 0.4) is 0 Å². The van der Waals surface area contributed by atoms with E-state index in [2.05, 4.69) is 29.7 Å². The van der Waals surface area contributed by atoms with Crippen molar-refractivity contribution in [1.29, 1.82) is 0 Å². The molecule has 17 heavy (non-hydrogen) atoms. The van der Waals surface area contributed by atoms with Gasteiger partial charge in [0.25, 0.3) is 0 Å². The van der Waals surface area contributed by atoms with Crippen molar-refractivity contribution >= 4 is 5.69 Å². The van der Waals surface area contributed by atoms with Gasteiger partial charge in [-0.25, -0.2) is 0 Å². The number of methoxy groups -OCH3 is 1. The molecule has 1 fully saturated rings. The predicted octanol–water partition coefficient (Wildman–Crippen LogP) is 2.56. The third-order valence-corrected chi connectivity index (χ3v) is 3.36. The van der Waals surface area contributed by atoms with Gasteiger partial charge in [-0.2, -0.15) is 0 Å². The summed E-state index contributed by atoms with van der Waals surface area (Å²) < 4.78 is 5.25. The Bertz CT molecular complexity index is 359. The van der Waals surface area contributed by atoms with E-state index >= 15 is 0 Å². The Morgan fingerprint density at radius 3 is 2.94 bits per heavy atom. The number of piperidine rings is 1. The molecule has 1 aliphatic rings. The summed E-state index contributed by atoms with van der Waals surface area (Å²) in [5.74, 6) is 0.950.